The van der Waals surface area contributed by atoms with Crippen molar-refractivity contribution in [3.8, 4) is 0 Å². The molecule has 1 aromatic rings. The van der Waals surface area contributed by atoms with Crippen LogP contribution in [0.2, 0.25) is 0 Å². The standard InChI is InChI=1S/C17H17NO2/c1-9-5-10(2)7-13(6-9)18-16(19)14-11-3-4-12(8-11)15(14)17(18)20/h3-7,11-12,14-15H,8H2,1-2H3/t11-,12+,14-,15+. The summed E-state index contributed by atoms with van der Waals surface area (Å²) in [6.45, 7) is 3.99. The van der Waals surface area contributed by atoms with E-state index in [2.05, 4.69) is 18.2 Å². The van der Waals surface area contributed by atoms with Gasteiger partial charge in [0.25, 0.3) is 0 Å². The average molecular weight is 267 g/mol. The van der Waals surface area contributed by atoms with Crippen LogP contribution in [-0.4, -0.2) is 11.8 Å². The number of anilines is 1. The molecule has 1 saturated carbocycles. The van der Waals surface area contributed by atoms with Crippen molar-refractivity contribution in [3.05, 3.63) is 41.5 Å². The average Bonchev–Trinajstić information content (AvgIpc) is 3.02. The van der Waals surface area contributed by atoms with E-state index in [-0.39, 0.29) is 35.5 Å². The smallest absolute Gasteiger partial charge is 0.238 e. The summed E-state index contributed by atoms with van der Waals surface area (Å²) in [6, 6.07) is 5.92. The summed E-state index contributed by atoms with van der Waals surface area (Å²) in [6.07, 6.45) is 5.23. The maximum atomic E-state index is 12.7. The number of hydrogen-bond donors (Lipinski definition) is 0. The second-order valence-corrected chi connectivity index (χ2v) is 6.36. The van der Waals surface area contributed by atoms with Gasteiger partial charge in [-0.15, -0.1) is 0 Å². The first kappa shape index (κ1) is 11.9. The Morgan fingerprint density at radius 2 is 1.40 bits per heavy atom. The molecular formula is C17H17NO2. The summed E-state index contributed by atoms with van der Waals surface area (Å²) < 4.78 is 0. The highest BCUT2D eigenvalue weighted by Gasteiger charge is 2.59. The maximum absolute atomic E-state index is 12.7. The fourth-order valence-electron chi connectivity index (χ4n) is 4.24. The van der Waals surface area contributed by atoms with Gasteiger partial charge in [-0.25, -0.2) is 4.90 Å². The Balaban J connectivity index is 1.78. The fraction of sp³-hybridized carbons (Fsp3) is 0.412. The van der Waals surface area contributed by atoms with E-state index in [9.17, 15) is 9.59 Å². The Morgan fingerprint density at radius 3 is 1.90 bits per heavy atom. The minimum Gasteiger partial charge on any atom is -0.274 e. The lowest BCUT2D eigenvalue weighted by atomic mass is 9.85. The van der Waals surface area contributed by atoms with Gasteiger partial charge < -0.3 is 0 Å². The number of benzene rings is 1. The molecule has 4 atom stereocenters. The molecule has 0 radical (unpaired) electrons. The van der Waals surface area contributed by atoms with Gasteiger partial charge >= 0.3 is 0 Å². The molecule has 1 aliphatic heterocycles. The largest absolute Gasteiger partial charge is 0.274 e. The van der Waals surface area contributed by atoms with Crippen LogP contribution in [0.1, 0.15) is 17.5 Å². The van der Waals surface area contributed by atoms with Crippen LogP contribution in [-0.2, 0) is 9.59 Å². The van der Waals surface area contributed by atoms with Crippen LogP contribution in [0.25, 0.3) is 0 Å². The van der Waals surface area contributed by atoms with E-state index >= 15 is 0 Å². The lowest BCUT2D eigenvalue weighted by Crippen LogP contribution is -2.32. The zero-order valence-electron chi connectivity index (χ0n) is 11.7. The number of rotatable bonds is 1. The fourth-order valence-corrected chi connectivity index (χ4v) is 4.24. The summed E-state index contributed by atoms with van der Waals surface area (Å²) in [5, 5.41) is 0. The highest BCUT2D eigenvalue weighted by molar-refractivity contribution is 6.22. The molecule has 1 heterocycles. The normalized spacial score (nSPS) is 34.2. The van der Waals surface area contributed by atoms with E-state index < -0.39 is 0 Å². The summed E-state index contributed by atoms with van der Waals surface area (Å²) in [4.78, 5) is 26.8. The van der Waals surface area contributed by atoms with E-state index in [1.807, 2.05) is 26.0 Å². The quantitative estimate of drug-likeness (QED) is 0.579. The van der Waals surface area contributed by atoms with Gasteiger partial charge in [0, 0.05) is 0 Å². The van der Waals surface area contributed by atoms with Crippen molar-refractivity contribution < 1.29 is 9.59 Å². The van der Waals surface area contributed by atoms with Crippen LogP contribution in [0.3, 0.4) is 0 Å². The molecule has 4 rings (SSSR count). The molecule has 102 valence electrons. The molecule has 2 aliphatic carbocycles. The van der Waals surface area contributed by atoms with Crippen LogP contribution >= 0.6 is 0 Å². The summed E-state index contributed by atoms with van der Waals surface area (Å²) in [7, 11) is 0. The van der Waals surface area contributed by atoms with Gasteiger partial charge in [-0.05, 0) is 55.4 Å². The van der Waals surface area contributed by atoms with Crippen LogP contribution in [0.15, 0.2) is 30.4 Å². The number of nitrogens with zero attached hydrogens (tertiary/aromatic N) is 1. The van der Waals surface area contributed by atoms with Gasteiger partial charge in [-0.2, -0.15) is 0 Å². The Hall–Kier alpha value is -1.90. The monoisotopic (exact) mass is 267 g/mol. The van der Waals surface area contributed by atoms with Crippen molar-refractivity contribution in [3.63, 3.8) is 0 Å². The molecule has 2 amide bonds. The summed E-state index contributed by atoms with van der Waals surface area (Å²) in [5.41, 5.74) is 2.91. The Morgan fingerprint density at radius 1 is 0.900 bits per heavy atom. The molecule has 0 unspecified atom stereocenters. The SMILES string of the molecule is Cc1cc(C)cc(N2C(=O)[C@@H]3[C@H](C2=O)[C@@H]2C=C[C@H]3C2)c1. The van der Waals surface area contributed by atoms with Crippen molar-refractivity contribution in [2.75, 3.05) is 4.90 Å². The predicted octanol–water partition coefficient (Wildman–Crippen LogP) is 2.61. The van der Waals surface area contributed by atoms with Crippen LogP contribution in [0, 0.1) is 37.5 Å². The molecule has 3 aliphatic rings. The van der Waals surface area contributed by atoms with E-state index in [0.717, 1.165) is 23.2 Å². The van der Waals surface area contributed by atoms with E-state index in [1.54, 1.807) is 0 Å². The molecule has 0 N–H and O–H groups in total. The number of allylic oxidation sites excluding steroid dienone is 2. The number of fused-ring (bicyclic) bond motifs is 5. The second kappa shape index (κ2) is 3.81. The summed E-state index contributed by atoms with van der Waals surface area (Å²) >= 11 is 0. The molecule has 1 aromatic carbocycles. The Bertz CT molecular complexity index is 611. The van der Waals surface area contributed by atoms with E-state index in [1.165, 1.54) is 4.90 Å². The van der Waals surface area contributed by atoms with Crippen molar-refractivity contribution in [1.82, 2.24) is 0 Å². The minimum absolute atomic E-state index is 0.00171. The Kier molecular flexibility index (Phi) is 2.27. The van der Waals surface area contributed by atoms with Crippen LogP contribution < -0.4 is 4.90 Å². The van der Waals surface area contributed by atoms with E-state index in [0.29, 0.717) is 0 Å². The maximum Gasteiger partial charge on any atom is 0.238 e. The van der Waals surface area contributed by atoms with Crippen molar-refractivity contribution in [2.24, 2.45) is 23.7 Å². The van der Waals surface area contributed by atoms with Crippen molar-refractivity contribution in [2.45, 2.75) is 20.3 Å². The third kappa shape index (κ3) is 1.41. The number of imide groups is 1. The zero-order chi connectivity index (χ0) is 14.0. The molecule has 0 spiro atoms. The first-order valence-electron chi connectivity index (χ1n) is 7.20. The molecule has 3 nitrogen and oxygen atoms in total. The number of hydrogen-bond acceptors (Lipinski definition) is 2. The second-order valence-electron chi connectivity index (χ2n) is 6.36. The molecule has 1 saturated heterocycles. The van der Waals surface area contributed by atoms with Gasteiger partial charge in [-0.1, -0.05) is 18.2 Å². The first-order chi connectivity index (χ1) is 9.56. The number of carbonyl (C=O) groups is 2. The lowest BCUT2D eigenvalue weighted by molar-refractivity contribution is -0.123. The third-order valence-corrected chi connectivity index (χ3v) is 4.93. The third-order valence-electron chi connectivity index (χ3n) is 4.93. The number of carbonyl (C=O) groups excluding carboxylic acids is 2. The highest BCUT2D eigenvalue weighted by atomic mass is 16.2. The van der Waals surface area contributed by atoms with Gasteiger partial charge in [0.2, 0.25) is 11.8 Å². The molecule has 3 heteroatoms. The van der Waals surface area contributed by atoms with Gasteiger partial charge in [-0.3, -0.25) is 9.59 Å². The lowest BCUT2D eigenvalue weighted by Gasteiger charge is -2.18. The predicted molar refractivity (Wildman–Crippen MR) is 76.1 cm³/mol. The zero-order valence-corrected chi connectivity index (χ0v) is 11.7. The van der Waals surface area contributed by atoms with Gasteiger partial charge in [0.05, 0.1) is 17.5 Å². The topological polar surface area (TPSA) is 37.4 Å². The molecule has 2 fully saturated rings. The van der Waals surface area contributed by atoms with E-state index in [4.69, 9.17) is 0 Å². The number of amides is 2. The molecular weight excluding hydrogens is 250 g/mol. The van der Waals surface area contributed by atoms with Crippen molar-refractivity contribution in [1.29, 1.82) is 0 Å². The van der Waals surface area contributed by atoms with Crippen LogP contribution in [0.5, 0.6) is 0 Å². The van der Waals surface area contributed by atoms with Crippen molar-refractivity contribution >= 4 is 17.5 Å². The first-order valence-corrected chi connectivity index (χ1v) is 7.20. The molecule has 20 heavy (non-hydrogen) atoms. The van der Waals surface area contributed by atoms with Crippen LogP contribution in [0.4, 0.5) is 5.69 Å². The van der Waals surface area contributed by atoms with Gasteiger partial charge in [0.15, 0.2) is 0 Å². The Labute approximate surface area is 118 Å². The summed E-state index contributed by atoms with van der Waals surface area (Å²) in [5.74, 6) is 0.329. The minimum atomic E-state index is -0.113. The highest BCUT2D eigenvalue weighted by Crippen LogP contribution is 2.53. The number of aryl methyl sites for hydroxylation is 2. The molecule has 0 aromatic heterocycles. The van der Waals surface area contributed by atoms with Gasteiger partial charge in [0.1, 0.15) is 0 Å². The molecule has 2 bridgehead atoms.